The molecule has 1 aromatic heterocycles. The maximum absolute atomic E-state index is 12.5. The number of carbonyl (C=O) groups is 1. The van der Waals surface area contributed by atoms with E-state index in [2.05, 4.69) is 4.98 Å². The quantitative estimate of drug-likeness (QED) is 0.758. The highest BCUT2D eigenvalue weighted by Crippen LogP contribution is 2.23. The van der Waals surface area contributed by atoms with Crippen molar-refractivity contribution in [3.05, 3.63) is 59.9 Å². The van der Waals surface area contributed by atoms with E-state index in [0.717, 1.165) is 5.56 Å². The number of Topliss-reactive ketones (excluding diaryl/α,β-unsaturated/α-hetero) is 1. The summed E-state index contributed by atoms with van der Waals surface area (Å²) in [6.07, 6.45) is 2.49. The van der Waals surface area contributed by atoms with Gasteiger partial charge >= 0.3 is 0 Å². The molecule has 0 saturated heterocycles. The summed E-state index contributed by atoms with van der Waals surface area (Å²) < 4.78 is 10.7. The van der Waals surface area contributed by atoms with E-state index < -0.39 is 6.10 Å². The molecule has 104 valence electrons. The lowest BCUT2D eigenvalue weighted by atomic mass is 10.0. The second-order valence-corrected chi connectivity index (χ2v) is 4.23. The van der Waals surface area contributed by atoms with Crippen molar-refractivity contribution in [2.45, 2.75) is 13.0 Å². The maximum Gasteiger partial charge on any atom is 0.197 e. The highest BCUT2D eigenvalue weighted by molar-refractivity contribution is 6.00. The summed E-state index contributed by atoms with van der Waals surface area (Å²) >= 11 is 0. The summed E-state index contributed by atoms with van der Waals surface area (Å²) in [6, 6.07) is 11.1. The molecule has 0 spiro atoms. The van der Waals surface area contributed by atoms with Crippen molar-refractivity contribution in [3.63, 3.8) is 0 Å². The molecule has 1 atom stereocenters. The number of ketones is 1. The lowest BCUT2D eigenvalue weighted by molar-refractivity contribution is 0.0603. The van der Waals surface area contributed by atoms with E-state index >= 15 is 0 Å². The summed E-state index contributed by atoms with van der Waals surface area (Å²) in [4.78, 5) is 16.5. The van der Waals surface area contributed by atoms with Crippen LogP contribution in [-0.2, 0) is 4.74 Å². The fraction of sp³-hybridized carbons (Fsp3) is 0.250. The molecule has 0 aliphatic rings. The van der Waals surface area contributed by atoms with Gasteiger partial charge < -0.3 is 9.47 Å². The van der Waals surface area contributed by atoms with E-state index in [0.29, 0.717) is 17.9 Å². The zero-order chi connectivity index (χ0) is 14.4. The Morgan fingerprint density at radius 3 is 2.65 bits per heavy atom. The van der Waals surface area contributed by atoms with Gasteiger partial charge in [-0.05, 0) is 18.6 Å². The van der Waals surface area contributed by atoms with Gasteiger partial charge in [0.2, 0.25) is 0 Å². The van der Waals surface area contributed by atoms with Crippen LogP contribution in [0.5, 0.6) is 5.75 Å². The zero-order valence-corrected chi connectivity index (χ0v) is 11.6. The van der Waals surface area contributed by atoms with Gasteiger partial charge in [0.25, 0.3) is 0 Å². The number of pyridine rings is 1. The SMILES string of the molecule is CCOc1cncc(C(=O)C(OC)c2ccccc2)c1. The summed E-state index contributed by atoms with van der Waals surface area (Å²) in [6.45, 7) is 2.42. The van der Waals surface area contributed by atoms with Gasteiger partial charge in [-0.3, -0.25) is 9.78 Å². The van der Waals surface area contributed by atoms with Gasteiger partial charge in [-0.15, -0.1) is 0 Å². The minimum Gasteiger partial charge on any atom is -0.492 e. The molecule has 4 nitrogen and oxygen atoms in total. The third kappa shape index (κ3) is 3.22. The van der Waals surface area contributed by atoms with E-state index in [1.165, 1.54) is 13.3 Å². The summed E-state index contributed by atoms with van der Waals surface area (Å²) in [5, 5.41) is 0. The predicted molar refractivity (Wildman–Crippen MR) is 75.9 cm³/mol. The average Bonchev–Trinajstić information content (AvgIpc) is 2.50. The van der Waals surface area contributed by atoms with Crippen molar-refractivity contribution >= 4 is 5.78 Å². The Kier molecular flexibility index (Phi) is 4.85. The third-order valence-electron chi connectivity index (χ3n) is 2.88. The molecule has 20 heavy (non-hydrogen) atoms. The molecular weight excluding hydrogens is 254 g/mol. The van der Waals surface area contributed by atoms with Crippen LogP contribution in [-0.4, -0.2) is 24.5 Å². The number of ether oxygens (including phenoxy) is 2. The number of aromatic nitrogens is 1. The Labute approximate surface area is 118 Å². The first-order chi connectivity index (χ1) is 9.76. The molecule has 0 saturated carbocycles. The van der Waals surface area contributed by atoms with Gasteiger partial charge in [-0.25, -0.2) is 0 Å². The first-order valence-electron chi connectivity index (χ1n) is 6.46. The number of hydrogen-bond acceptors (Lipinski definition) is 4. The Hall–Kier alpha value is -2.20. The molecule has 0 bridgehead atoms. The lowest BCUT2D eigenvalue weighted by Crippen LogP contribution is -2.15. The second kappa shape index (κ2) is 6.82. The summed E-state index contributed by atoms with van der Waals surface area (Å²) in [5.74, 6) is 0.453. The minimum atomic E-state index is -0.630. The van der Waals surface area contributed by atoms with Crippen LogP contribution in [0.1, 0.15) is 28.9 Å². The molecule has 1 unspecified atom stereocenters. The van der Waals surface area contributed by atoms with Gasteiger partial charge in [-0.2, -0.15) is 0 Å². The first kappa shape index (κ1) is 14.2. The van der Waals surface area contributed by atoms with E-state index in [9.17, 15) is 4.79 Å². The average molecular weight is 271 g/mol. The van der Waals surface area contributed by atoms with Crippen molar-refractivity contribution in [3.8, 4) is 5.75 Å². The largest absolute Gasteiger partial charge is 0.492 e. The Balaban J connectivity index is 2.27. The van der Waals surface area contributed by atoms with E-state index in [4.69, 9.17) is 9.47 Å². The third-order valence-corrected chi connectivity index (χ3v) is 2.88. The molecule has 0 amide bonds. The number of carbonyl (C=O) groups excluding carboxylic acids is 1. The van der Waals surface area contributed by atoms with Gasteiger partial charge in [0, 0.05) is 18.9 Å². The highest BCUT2D eigenvalue weighted by Gasteiger charge is 2.22. The van der Waals surface area contributed by atoms with Crippen molar-refractivity contribution in [2.24, 2.45) is 0 Å². The number of rotatable bonds is 6. The molecule has 2 rings (SSSR count). The van der Waals surface area contributed by atoms with Crippen LogP contribution in [0.25, 0.3) is 0 Å². The van der Waals surface area contributed by atoms with Gasteiger partial charge in [0.15, 0.2) is 5.78 Å². The highest BCUT2D eigenvalue weighted by atomic mass is 16.5. The molecule has 4 heteroatoms. The van der Waals surface area contributed by atoms with Crippen molar-refractivity contribution in [1.82, 2.24) is 4.98 Å². The van der Waals surface area contributed by atoms with Crippen LogP contribution < -0.4 is 4.74 Å². The number of benzene rings is 1. The summed E-state index contributed by atoms with van der Waals surface area (Å²) in [5.41, 5.74) is 1.30. The van der Waals surface area contributed by atoms with Crippen LogP contribution in [0.4, 0.5) is 0 Å². The van der Waals surface area contributed by atoms with Crippen molar-refractivity contribution < 1.29 is 14.3 Å². The molecule has 0 aliphatic carbocycles. The monoisotopic (exact) mass is 271 g/mol. The number of nitrogens with zero attached hydrogens (tertiary/aromatic N) is 1. The van der Waals surface area contributed by atoms with Crippen LogP contribution >= 0.6 is 0 Å². The smallest absolute Gasteiger partial charge is 0.197 e. The molecule has 1 heterocycles. The summed E-state index contributed by atoms with van der Waals surface area (Å²) in [7, 11) is 1.52. The van der Waals surface area contributed by atoms with Crippen LogP contribution in [0, 0.1) is 0 Å². The van der Waals surface area contributed by atoms with E-state index in [-0.39, 0.29) is 5.78 Å². The van der Waals surface area contributed by atoms with Crippen LogP contribution in [0.15, 0.2) is 48.8 Å². The Bertz CT molecular complexity index is 569. The predicted octanol–water partition coefficient (Wildman–Crippen LogP) is 3.05. The number of hydrogen-bond donors (Lipinski definition) is 0. The van der Waals surface area contributed by atoms with Gasteiger partial charge in [-0.1, -0.05) is 30.3 Å². The fourth-order valence-corrected chi connectivity index (χ4v) is 1.97. The fourth-order valence-electron chi connectivity index (χ4n) is 1.97. The van der Waals surface area contributed by atoms with Crippen LogP contribution in [0.3, 0.4) is 0 Å². The number of methoxy groups -OCH3 is 1. The van der Waals surface area contributed by atoms with E-state index in [1.807, 2.05) is 37.3 Å². The molecule has 0 N–H and O–H groups in total. The van der Waals surface area contributed by atoms with Gasteiger partial charge in [0.1, 0.15) is 11.9 Å². The maximum atomic E-state index is 12.5. The molecule has 0 radical (unpaired) electrons. The Morgan fingerprint density at radius 2 is 2.00 bits per heavy atom. The standard InChI is InChI=1S/C16H17NO3/c1-3-20-14-9-13(10-17-11-14)15(18)16(19-2)12-7-5-4-6-8-12/h4-11,16H,3H2,1-2H3. The first-order valence-corrected chi connectivity index (χ1v) is 6.46. The lowest BCUT2D eigenvalue weighted by Gasteiger charge is -2.14. The molecule has 0 aliphatic heterocycles. The molecule has 0 fully saturated rings. The molecular formula is C16H17NO3. The molecule has 2 aromatic rings. The minimum absolute atomic E-state index is 0.132. The van der Waals surface area contributed by atoms with Crippen molar-refractivity contribution in [1.29, 1.82) is 0 Å². The second-order valence-electron chi connectivity index (χ2n) is 4.23. The van der Waals surface area contributed by atoms with Gasteiger partial charge in [0.05, 0.1) is 12.8 Å². The Morgan fingerprint density at radius 1 is 1.25 bits per heavy atom. The van der Waals surface area contributed by atoms with Crippen molar-refractivity contribution in [2.75, 3.05) is 13.7 Å². The topological polar surface area (TPSA) is 48.4 Å². The zero-order valence-electron chi connectivity index (χ0n) is 11.6. The van der Waals surface area contributed by atoms with Crippen LogP contribution in [0.2, 0.25) is 0 Å². The normalized spacial score (nSPS) is 11.9. The molecule has 1 aromatic carbocycles. The van der Waals surface area contributed by atoms with E-state index in [1.54, 1.807) is 12.3 Å².